The van der Waals surface area contributed by atoms with Crippen molar-refractivity contribution >= 4 is 17.7 Å². The topological polar surface area (TPSA) is 106 Å². The number of amides is 3. The van der Waals surface area contributed by atoms with Crippen LogP contribution in [0.5, 0.6) is 11.5 Å². The van der Waals surface area contributed by atoms with E-state index in [1.54, 1.807) is 18.2 Å². The minimum atomic E-state index is -0.658. The molecule has 1 atom stereocenters. The fourth-order valence-corrected chi connectivity index (χ4v) is 2.37. The monoisotopic (exact) mass is 379 g/mol. The maximum Gasteiger partial charge on any atom is 0.251 e. The average molecular weight is 379 g/mol. The van der Waals surface area contributed by atoms with Crippen LogP contribution in [0.1, 0.15) is 38.1 Å². The van der Waals surface area contributed by atoms with Crippen LogP contribution in [-0.2, 0) is 9.59 Å². The zero-order chi connectivity index (χ0) is 20.4. The lowest BCUT2D eigenvalue weighted by molar-refractivity contribution is -0.129. The Bertz CT molecular complexity index is 661. The van der Waals surface area contributed by atoms with E-state index in [0.29, 0.717) is 30.3 Å². The normalized spacial score (nSPS) is 11.5. The molecule has 0 saturated carbocycles. The number of nitrogens with one attached hydrogen (secondary N) is 3. The van der Waals surface area contributed by atoms with Gasteiger partial charge >= 0.3 is 0 Å². The molecule has 27 heavy (non-hydrogen) atoms. The molecule has 0 bridgehead atoms. The standard InChI is InChI=1S/C19H29N3O5/c1-6-26-14-9-8-13(10-15(14)27-7-2)18(24)21-11-16(23)22-17(12(3)4)19(25)20-5/h8-10,12,17H,6-7,11H2,1-5H3,(H,20,25)(H,21,24)(H,22,23). The molecule has 150 valence electrons. The lowest BCUT2D eigenvalue weighted by Crippen LogP contribution is -2.51. The van der Waals surface area contributed by atoms with E-state index in [4.69, 9.17) is 9.47 Å². The third-order valence-electron chi connectivity index (χ3n) is 3.73. The minimum absolute atomic E-state index is 0.0792. The van der Waals surface area contributed by atoms with E-state index in [2.05, 4.69) is 16.0 Å². The largest absolute Gasteiger partial charge is 0.490 e. The lowest BCUT2D eigenvalue weighted by atomic mass is 10.0. The van der Waals surface area contributed by atoms with Crippen LogP contribution < -0.4 is 25.4 Å². The van der Waals surface area contributed by atoms with E-state index in [1.165, 1.54) is 7.05 Å². The molecule has 0 spiro atoms. The molecule has 0 radical (unpaired) electrons. The summed E-state index contributed by atoms with van der Waals surface area (Å²) in [5, 5.41) is 7.67. The summed E-state index contributed by atoms with van der Waals surface area (Å²) in [5.74, 6) is -0.200. The molecule has 1 rings (SSSR count). The van der Waals surface area contributed by atoms with Gasteiger partial charge in [0.05, 0.1) is 19.8 Å². The van der Waals surface area contributed by atoms with E-state index in [0.717, 1.165) is 0 Å². The first kappa shape index (κ1) is 22.3. The van der Waals surface area contributed by atoms with Gasteiger partial charge in [-0.3, -0.25) is 14.4 Å². The van der Waals surface area contributed by atoms with Crippen molar-refractivity contribution < 1.29 is 23.9 Å². The summed E-state index contributed by atoms with van der Waals surface area (Å²) in [6, 6.07) is 4.17. The molecule has 0 aliphatic rings. The highest BCUT2D eigenvalue weighted by atomic mass is 16.5. The van der Waals surface area contributed by atoms with Gasteiger partial charge in [-0.25, -0.2) is 0 Å². The molecule has 3 N–H and O–H groups in total. The molecule has 1 aromatic carbocycles. The summed E-state index contributed by atoms with van der Waals surface area (Å²) in [6.07, 6.45) is 0. The third-order valence-corrected chi connectivity index (χ3v) is 3.73. The molecule has 8 heteroatoms. The number of hydrogen-bond acceptors (Lipinski definition) is 5. The molecule has 0 heterocycles. The SMILES string of the molecule is CCOc1ccc(C(=O)NCC(=O)NC(C(=O)NC)C(C)C)cc1OCC. The van der Waals surface area contributed by atoms with Crippen molar-refractivity contribution in [1.82, 2.24) is 16.0 Å². The molecular formula is C19H29N3O5. The Labute approximate surface area is 160 Å². The molecule has 8 nitrogen and oxygen atoms in total. The van der Waals surface area contributed by atoms with Crippen molar-refractivity contribution in [3.63, 3.8) is 0 Å². The highest BCUT2D eigenvalue weighted by Crippen LogP contribution is 2.28. The van der Waals surface area contributed by atoms with Gasteiger partial charge in [0.2, 0.25) is 11.8 Å². The second-order valence-corrected chi connectivity index (χ2v) is 6.11. The summed E-state index contributed by atoms with van der Waals surface area (Å²) in [6.45, 7) is 8.03. The van der Waals surface area contributed by atoms with Crippen molar-refractivity contribution in [3.05, 3.63) is 23.8 Å². The Morgan fingerprint density at radius 3 is 2.22 bits per heavy atom. The van der Waals surface area contributed by atoms with Gasteiger partial charge in [-0.05, 0) is 38.0 Å². The van der Waals surface area contributed by atoms with E-state index >= 15 is 0 Å². The van der Waals surface area contributed by atoms with E-state index in [1.807, 2.05) is 27.7 Å². The van der Waals surface area contributed by atoms with Crippen LogP contribution in [0.15, 0.2) is 18.2 Å². The minimum Gasteiger partial charge on any atom is -0.490 e. The van der Waals surface area contributed by atoms with Crippen molar-refractivity contribution in [2.24, 2.45) is 5.92 Å². The van der Waals surface area contributed by atoms with Crippen molar-refractivity contribution in [2.75, 3.05) is 26.8 Å². The van der Waals surface area contributed by atoms with E-state index in [9.17, 15) is 14.4 Å². The van der Waals surface area contributed by atoms with Gasteiger partial charge in [0, 0.05) is 12.6 Å². The quantitative estimate of drug-likeness (QED) is 0.565. The Balaban J connectivity index is 2.72. The molecular weight excluding hydrogens is 350 g/mol. The van der Waals surface area contributed by atoms with Crippen LogP contribution in [-0.4, -0.2) is 50.6 Å². The summed E-state index contributed by atoms with van der Waals surface area (Å²) >= 11 is 0. The highest BCUT2D eigenvalue weighted by molar-refractivity contribution is 5.97. The Hall–Kier alpha value is -2.77. The van der Waals surface area contributed by atoms with Crippen molar-refractivity contribution in [3.8, 4) is 11.5 Å². The number of carbonyl (C=O) groups excluding carboxylic acids is 3. The first-order chi connectivity index (χ1) is 12.8. The summed E-state index contributed by atoms with van der Waals surface area (Å²) < 4.78 is 11.0. The van der Waals surface area contributed by atoms with Crippen molar-refractivity contribution in [2.45, 2.75) is 33.7 Å². The number of hydrogen-bond donors (Lipinski definition) is 3. The number of carbonyl (C=O) groups is 3. The zero-order valence-corrected chi connectivity index (χ0v) is 16.5. The van der Waals surface area contributed by atoms with Crippen LogP contribution in [0.25, 0.3) is 0 Å². The van der Waals surface area contributed by atoms with Gasteiger partial charge in [-0.2, -0.15) is 0 Å². The predicted molar refractivity (Wildman–Crippen MR) is 102 cm³/mol. The second-order valence-electron chi connectivity index (χ2n) is 6.11. The molecule has 0 aliphatic heterocycles. The third kappa shape index (κ3) is 6.80. The maximum atomic E-state index is 12.3. The summed E-state index contributed by atoms with van der Waals surface area (Å²) in [7, 11) is 1.51. The Morgan fingerprint density at radius 1 is 1.04 bits per heavy atom. The van der Waals surface area contributed by atoms with Crippen LogP contribution in [0, 0.1) is 5.92 Å². The Morgan fingerprint density at radius 2 is 1.67 bits per heavy atom. The number of rotatable bonds is 10. The first-order valence-electron chi connectivity index (χ1n) is 9.02. The summed E-state index contributed by atoms with van der Waals surface area (Å²) in [5.41, 5.74) is 0.349. The van der Waals surface area contributed by atoms with Crippen LogP contribution in [0.3, 0.4) is 0 Å². The lowest BCUT2D eigenvalue weighted by Gasteiger charge is -2.20. The van der Waals surface area contributed by atoms with E-state index in [-0.39, 0.29) is 18.4 Å². The predicted octanol–water partition coefficient (Wildman–Crippen LogP) is 1.10. The van der Waals surface area contributed by atoms with Gasteiger partial charge in [-0.15, -0.1) is 0 Å². The molecule has 1 unspecified atom stereocenters. The molecule has 3 amide bonds. The van der Waals surface area contributed by atoms with Crippen LogP contribution in [0.4, 0.5) is 0 Å². The van der Waals surface area contributed by atoms with Gasteiger partial charge < -0.3 is 25.4 Å². The smallest absolute Gasteiger partial charge is 0.251 e. The number of likely N-dealkylation sites (N-methyl/N-ethyl adjacent to an activating group) is 1. The summed E-state index contributed by atoms with van der Waals surface area (Å²) in [4.78, 5) is 36.2. The zero-order valence-electron chi connectivity index (χ0n) is 16.5. The highest BCUT2D eigenvalue weighted by Gasteiger charge is 2.23. The maximum absolute atomic E-state index is 12.3. The number of ether oxygens (including phenoxy) is 2. The molecule has 0 fully saturated rings. The molecule has 0 aromatic heterocycles. The van der Waals surface area contributed by atoms with Gasteiger partial charge in [0.15, 0.2) is 11.5 Å². The molecule has 0 aliphatic carbocycles. The molecule has 1 aromatic rings. The van der Waals surface area contributed by atoms with Crippen LogP contribution >= 0.6 is 0 Å². The van der Waals surface area contributed by atoms with Gasteiger partial charge in [0.1, 0.15) is 6.04 Å². The Kier molecular flexibility index (Phi) is 9.12. The van der Waals surface area contributed by atoms with E-state index < -0.39 is 17.9 Å². The fourth-order valence-electron chi connectivity index (χ4n) is 2.37. The molecule has 0 saturated heterocycles. The first-order valence-corrected chi connectivity index (χ1v) is 9.02. The van der Waals surface area contributed by atoms with Crippen molar-refractivity contribution in [1.29, 1.82) is 0 Å². The van der Waals surface area contributed by atoms with Crippen LogP contribution in [0.2, 0.25) is 0 Å². The average Bonchev–Trinajstić information content (AvgIpc) is 2.65. The fraction of sp³-hybridized carbons (Fsp3) is 0.526. The van der Waals surface area contributed by atoms with Gasteiger partial charge in [0.25, 0.3) is 5.91 Å². The second kappa shape index (κ2) is 11.1. The number of benzene rings is 1. The van der Waals surface area contributed by atoms with Gasteiger partial charge in [-0.1, -0.05) is 13.8 Å².